The molecule has 0 aliphatic carbocycles. The van der Waals surface area contributed by atoms with Gasteiger partial charge in [-0.15, -0.1) is 11.3 Å². The molecular weight excluding hydrogens is 276 g/mol. The molecule has 106 valence electrons. The summed E-state index contributed by atoms with van der Waals surface area (Å²) in [4.78, 5) is 18.8. The molecule has 1 aromatic rings. The molecule has 2 heterocycles. The summed E-state index contributed by atoms with van der Waals surface area (Å²) in [5.74, 6) is 1.41. The summed E-state index contributed by atoms with van der Waals surface area (Å²) in [5.41, 5.74) is 1.04. The summed E-state index contributed by atoms with van der Waals surface area (Å²) in [6, 6.07) is 0.343. The molecule has 1 aliphatic heterocycles. The van der Waals surface area contributed by atoms with Crippen molar-refractivity contribution in [3.8, 4) is 0 Å². The fraction of sp³-hybridized carbons (Fsp3) is 0.714. The molecule has 0 aromatic carbocycles. The van der Waals surface area contributed by atoms with E-state index in [-0.39, 0.29) is 5.91 Å². The number of nitrogens with one attached hydrogen (secondary N) is 1. The molecule has 0 saturated carbocycles. The van der Waals surface area contributed by atoms with Gasteiger partial charge in [0.05, 0.1) is 6.42 Å². The number of aryl methyl sites for hydroxylation is 1. The van der Waals surface area contributed by atoms with Gasteiger partial charge in [0.25, 0.3) is 0 Å². The number of likely N-dealkylation sites (tertiary alicyclic amines) is 1. The van der Waals surface area contributed by atoms with Crippen LogP contribution in [0.25, 0.3) is 0 Å². The predicted molar refractivity (Wildman–Crippen MR) is 82.1 cm³/mol. The number of nitrogens with zero attached hydrogens (tertiary/aromatic N) is 1. The Bertz CT molecular complexity index is 520. The molecule has 3 atom stereocenters. The van der Waals surface area contributed by atoms with Crippen LogP contribution in [0.1, 0.15) is 37.8 Å². The zero-order valence-corrected chi connectivity index (χ0v) is 13.7. The number of rotatable bonds is 2. The quantitative estimate of drug-likeness (QED) is 0.848. The van der Waals surface area contributed by atoms with Crippen molar-refractivity contribution in [1.29, 1.82) is 0 Å². The molecule has 1 amide bonds. The fourth-order valence-electron chi connectivity index (χ4n) is 2.89. The molecule has 3 nitrogen and oxygen atoms in total. The molecule has 0 bridgehead atoms. The van der Waals surface area contributed by atoms with Crippen molar-refractivity contribution in [3.63, 3.8) is 0 Å². The van der Waals surface area contributed by atoms with Gasteiger partial charge in [-0.1, -0.05) is 13.8 Å². The maximum Gasteiger partial charge on any atom is 0.228 e. The van der Waals surface area contributed by atoms with Gasteiger partial charge in [-0.25, -0.2) is 0 Å². The Hall–Kier alpha value is -0.680. The van der Waals surface area contributed by atoms with Gasteiger partial charge in [-0.05, 0) is 44.3 Å². The maximum absolute atomic E-state index is 12.5. The highest BCUT2D eigenvalue weighted by atomic mass is 32.1. The van der Waals surface area contributed by atoms with Crippen LogP contribution in [0.15, 0.2) is 0 Å². The number of carbonyl (C=O) groups excluding carboxylic acids is 1. The van der Waals surface area contributed by atoms with E-state index >= 15 is 0 Å². The number of thiazole rings is 1. The molecule has 1 saturated heterocycles. The first kappa shape index (κ1) is 14.7. The lowest BCUT2D eigenvalue weighted by molar-refractivity contribution is -0.136. The first-order valence-electron chi connectivity index (χ1n) is 6.86. The highest BCUT2D eigenvalue weighted by molar-refractivity contribution is 7.73. The number of carbonyl (C=O) groups is 1. The molecule has 3 unspecified atom stereocenters. The van der Waals surface area contributed by atoms with E-state index < -0.39 is 0 Å². The SMILES string of the molecule is Cc1[nH]c(=S)sc1CC(=O)N1CC(C)CC(C)C1C. The Balaban J connectivity index is 2.10. The Morgan fingerprint density at radius 2 is 2.16 bits per heavy atom. The molecule has 5 heteroatoms. The average Bonchev–Trinajstić information content (AvgIpc) is 2.62. The first-order chi connectivity index (χ1) is 8.88. The Morgan fingerprint density at radius 1 is 1.47 bits per heavy atom. The number of hydrogen-bond donors (Lipinski definition) is 1. The number of piperidine rings is 1. The second kappa shape index (κ2) is 5.75. The summed E-state index contributed by atoms with van der Waals surface area (Å²) >= 11 is 6.65. The molecule has 0 spiro atoms. The number of H-pyrrole nitrogens is 1. The molecule has 2 rings (SSSR count). The smallest absolute Gasteiger partial charge is 0.228 e. The summed E-state index contributed by atoms with van der Waals surface area (Å²) in [7, 11) is 0. The Morgan fingerprint density at radius 3 is 2.74 bits per heavy atom. The molecule has 1 aliphatic rings. The monoisotopic (exact) mass is 298 g/mol. The number of amides is 1. The fourth-order valence-corrected chi connectivity index (χ4v) is 4.17. The van der Waals surface area contributed by atoms with E-state index in [1.165, 1.54) is 17.8 Å². The standard InChI is InChI=1S/C14H22N2OS2/c1-8-5-9(2)11(4)16(7-8)13(17)6-12-10(3)15-14(18)19-12/h8-9,11H,5-7H2,1-4H3,(H,15,18). The normalized spacial score (nSPS) is 27.6. The maximum atomic E-state index is 12.5. The number of aromatic amines is 1. The van der Waals surface area contributed by atoms with Crippen molar-refractivity contribution in [2.75, 3.05) is 6.54 Å². The molecule has 0 radical (unpaired) electrons. The van der Waals surface area contributed by atoms with Gasteiger partial charge >= 0.3 is 0 Å². The summed E-state index contributed by atoms with van der Waals surface area (Å²) in [5, 5.41) is 0. The van der Waals surface area contributed by atoms with Crippen molar-refractivity contribution in [2.45, 2.75) is 46.6 Å². The molecule has 19 heavy (non-hydrogen) atoms. The van der Waals surface area contributed by atoms with E-state index in [0.717, 1.165) is 21.1 Å². The van der Waals surface area contributed by atoms with Crippen molar-refractivity contribution in [1.82, 2.24) is 9.88 Å². The van der Waals surface area contributed by atoms with Crippen LogP contribution < -0.4 is 0 Å². The van der Waals surface area contributed by atoms with Gasteiger partial charge in [0.15, 0.2) is 3.95 Å². The Labute approximate surface area is 124 Å². The van der Waals surface area contributed by atoms with Crippen molar-refractivity contribution >= 4 is 29.5 Å². The van der Waals surface area contributed by atoms with Crippen molar-refractivity contribution in [3.05, 3.63) is 14.5 Å². The van der Waals surface area contributed by atoms with Gasteiger partial charge in [-0.3, -0.25) is 4.79 Å². The minimum atomic E-state index is 0.235. The number of aromatic nitrogens is 1. The van der Waals surface area contributed by atoms with Crippen LogP contribution in [-0.2, 0) is 11.2 Å². The van der Waals surface area contributed by atoms with E-state index in [4.69, 9.17) is 12.2 Å². The largest absolute Gasteiger partial charge is 0.341 e. The topological polar surface area (TPSA) is 36.1 Å². The first-order valence-corrected chi connectivity index (χ1v) is 8.09. The van der Waals surface area contributed by atoms with Crippen molar-refractivity contribution in [2.24, 2.45) is 11.8 Å². The lowest BCUT2D eigenvalue weighted by atomic mass is 9.86. The lowest BCUT2D eigenvalue weighted by Crippen LogP contribution is -2.49. The second-order valence-corrected chi connectivity index (χ2v) is 7.62. The zero-order valence-electron chi connectivity index (χ0n) is 12.0. The van der Waals surface area contributed by atoms with Crippen molar-refractivity contribution < 1.29 is 4.79 Å². The third kappa shape index (κ3) is 3.26. The van der Waals surface area contributed by atoms with Gasteiger partial charge in [-0.2, -0.15) is 0 Å². The van der Waals surface area contributed by atoms with Crippen LogP contribution in [0.2, 0.25) is 0 Å². The highest BCUT2D eigenvalue weighted by Gasteiger charge is 2.31. The van der Waals surface area contributed by atoms with Crippen LogP contribution >= 0.6 is 23.6 Å². The van der Waals surface area contributed by atoms with Crippen LogP contribution in [0.5, 0.6) is 0 Å². The second-order valence-electron chi connectivity index (χ2n) is 5.84. The van der Waals surface area contributed by atoms with E-state index in [1.807, 2.05) is 6.92 Å². The third-order valence-electron chi connectivity index (χ3n) is 4.15. The average molecular weight is 298 g/mol. The van der Waals surface area contributed by atoms with Gasteiger partial charge < -0.3 is 9.88 Å². The van der Waals surface area contributed by atoms with E-state index in [2.05, 4.69) is 30.7 Å². The lowest BCUT2D eigenvalue weighted by Gasteiger charge is -2.41. The zero-order chi connectivity index (χ0) is 14.2. The minimum Gasteiger partial charge on any atom is -0.341 e. The summed E-state index contributed by atoms with van der Waals surface area (Å²) < 4.78 is 0.758. The molecule has 1 aromatic heterocycles. The van der Waals surface area contributed by atoms with E-state index in [0.29, 0.717) is 24.3 Å². The molecular formula is C14H22N2OS2. The van der Waals surface area contributed by atoms with Gasteiger partial charge in [0, 0.05) is 23.2 Å². The third-order valence-corrected chi connectivity index (χ3v) is 5.49. The van der Waals surface area contributed by atoms with Crippen LogP contribution in [-0.4, -0.2) is 28.4 Å². The summed E-state index contributed by atoms with van der Waals surface area (Å²) in [6.45, 7) is 9.51. The minimum absolute atomic E-state index is 0.235. The van der Waals surface area contributed by atoms with Crippen LogP contribution in [0, 0.1) is 22.7 Å². The Kier molecular flexibility index (Phi) is 4.46. The van der Waals surface area contributed by atoms with Gasteiger partial charge in [0.2, 0.25) is 5.91 Å². The van der Waals surface area contributed by atoms with E-state index in [9.17, 15) is 4.79 Å². The highest BCUT2D eigenvalue weighted by Crippen LogP contribution is 2.28. The van der Waals surface area contributed by atoms with E-state index in [1.54, 1.807) is 0 Å². The molecule has 1 fully saturated rings. The van der Waals surface area contributed by atoms with Gasteiger partial charge in [0.1, 0.15) is 0 Å². The molecule has 1 N–H and O–H groups in total. The summed E-state index contributed by atoms with van der Waals surface area (Å²) in [6.07, 6.45) is 1.69. The van der Waals surface area contributed by atoms with Crippen LogP contribution in [0.4, 0.5) is 0 Å². The number of hydrogen-bond acceptors (Lipinski definition) is 3. The predicted octanol–water partition coefficient (Wildman–Crippen LogP) is 3.55. The van der Waals surface area contributed by atoms with Crippen LogP contribution in [0.3, 0.4) is 0 Å².